The molecule has 0 aliphatic heterocycles. The number of benzene rings is 1. The zero-order valence-electron chi connectivity index (χ0n) is 10.8. The van der Waals surface area contributed by atoms with Crippen LogP contribution < -0.4 is 10.1 Å². The van der Waals surface area contributed by atoms with Gasteiger partial charge in [0.25, 0.3) is 0 Å². The highest BCUT2D eigenvalue weighted by atomic mass is 19.1. The zero-order valence-corrected chi connectivity index (χ0v) is 10.8. The third-order valence-electron chi connectivity index (χ3n) is 2.57. The minimum absolute atomic E-state index is 0.0223. The number of rotatable bonds is 8. The molecule has 2 aromatic rings. The lowest BCUT2D eigenvalue weighted by Crippen LogP contribution is -2.32. The second-order valence-corrected chi connectivity index (χ2v) is 4.18. The number of ether oxygens (including phenoxy) is 1. The molecule has 6 nitrogen and oxygen atoms in total. The molecule has 20 heavy (non-hydrogen) atoms. The maximum absolute atomic E-state index is 13.3. The van der Waals surface area contributed by atoms with E-state index in [2.05, 4.69) is 15.5 Å². The summed E-state index contributed by atoms with van der Waals surface area (Å²) in [4.78, 5) is 3.87. The van der Waals surface area contributed by atoms with Crippen LogP contribution in [0.1, 0.15) is 5.89 Å². The number of hydrogen-bond acceptors (Lipinski definition) is 6. The van der Waals surface area contributed by atoms with Crippen molar-refractivity contribution in [3.05, 3.63) is 42.3 Å². The van der Waals surface area contributed by atoms with Crippen LogP contribution in [0.5, 0.6) is 5.75 Å². The molecule has 108 valence electrons. The quantitative estimate of drug-likeness (QED) is 0.696. The first kappa shape index (κ1) is 14.4. The van der Waals surface area contributed by atoms with Crippen molar-refractivity contribution < 1.29 is 18.8 Å². The molecule has 1 aromatic heterocycles. The number of nitrogens with zero attached hydrogens (tertiary/aromatic N) is 2. The first-order valence-corrected chi connectivity index (χ1v) is 6.27. The van der Waals surface area contributed by atoms with E-state index in [9.17, 15) is 9.50 Å². The summed E-state index contributed by atoms with van der Waals surface area (Å²) in [5.74, 6) is 0.232. The molecule has 1 atom stereocenters. The summed E-state index contributed by atoms with van der Waals surface area (Å²) in [5.41, 5.74) is 0. The topological polar surface area (TPSA) is 80.4 Å². The summed E-state index contributed by atoms with van der Waals surface area (Å²) < 4.78 is 23.3. The molecule has 0 aliphatic rings. The standard InChI is InChI=1S/C13H16FN3O3/c14-11-3-1-2-4-12(11)19-8-10(18)7-15-6-5-13-16-9-17-20-13/h1-4,9-10,15,18H,5-8H2. The Kier molecular flexibility index (Phi) is 5.45. The fourth-order valence-corrected chi connectivity index (χ4v) is 1.58. The molecule has 0 aliphatic carbocycles. The van der Waals surface area contributed by atoms with E-state index in [4.69, 9.17) is 9.26 Å². The molecular weight excluding hydrogens is 265 g/mol. The number of aliphatic hydroxyl groups excluding tert-OH is 1. The minimum Gasteiger partial charge on any atom is -0.488 e. The zero-order chi connectivity index (χ0) is 14.2. The predicted octanol–water partition coefficient (Wildman–Crippen LogP) is 0.781. The Morgan fingerprint density at radius 3 is 3.00 bits per heavy atom. The van der Waals surface area contributed by atoms with Crippen LogP contribution in [0.3, 0.4) is 0 Å². The van der Waals surface area contributed by atoms with Crippen LogP contribution >= 0.6 is 0 Å². The van der Waals surface area contributed by atoms with Crippen molar-refractivity contribution in [1.82, 2.24) is 15.5 Å². The monoisotopic (exact) mass is 281 g/mol. The van der Waals surface area contributed by atoms with Gasteiger partial charge in [-0.25, -0.2) is 4.39 Å². The molecule has 0 spiro atoms. The first-order valence-electron chi connectivity index (χ1n) is 6.27. The van der Waals surface area contributed by atoms with Gasteiger partial charge in [0, 0.05) is 19.5 Å². The van der Waals surface area contributed by atoms with Crippen molar-refractivity contribution in [2.24, 2.45) is 0 Å². The van der Waals surface area contributed by atoms with Gasteiger partial charge >= 0.3 is 0 Å². The van der Waals surface area contributed by atoms with Crippen molar-refractivity contribution in [2.75, 3.05) is 19.7 Å². The van der Waals surface area contributed by atoms with Crippen LogP contribution in [0.15, 0.2) is 35.1 Å². The molecule has 7 heteroatoms. The van der Waals surface area contributed by atoms with Crippen molar-refractivity contribution in [3.8, 4) is 5.75 Å². The van der Waals surface area contributed by atoms with E-state index in [1.807, 2.05) is 0 Å². The fourth-order valence-electron chi connectivity index (χ4n) is 1.58. The highest BCUT2D eigenvalue weighted by Gasteiger charge is 2.07. The van der Waals surface area contributed by atoms with Crippen LogP contribution in [0.25, 0.3) is 0 Å². The van der Waals surface area contributed by atoms with Crippen molar-refractivity contribution in [3.63, 3.8) is 0 Å². The molecule has 0 fully saturated rings. The van der Waals surface area contributed by atoms with E-state index in [0.717, 1.165) is 0 Å². The average Bonchev–Trinajstić information content (AvgIpc) is 2.96. The molecule has 2 N–H and O–H groups in total. The maximum Gasteiger partial charge on any atom is 0.227 e. The summed E-state index contributed by atoms with van der Waals surface area (Å²) in [6.45, 7) is 0.954. The van der Waals surface area contributed by atoms with E-state index in [0.29, 0.717) is 25.4 Å². The third-order valence-corrected chi connectivity index (χ3v) is 2.57. The molecule has 1 unspecified atom stereocenters. The second kappa shape index (κ2) is 7.56. The molecule has 0 saturated heterocycles. The van der Waals surface area contributed by atoms with Gasteiger partial charge in [0.1, 0.15) is 12.7 Å². The van der Waals surface area contributed by atoms with Gasteiger partial charge in [0.05, 0.1) is 0 Å². The molecule has 0 amide bonds. The lowest BCUT2D eigenvalue weighted by atomic mass is 10.3. The Hall–Kier alpha value is -1.99. The Labute approximate surface area is 115 Å². The molecule has 0 saturated carbocycles. The fraction of sp³-hybridized carbons (Fsp3) is 0.385. The van der Waals surface area contributed by atoms with Crippen LogP contribution in [0.2, 0.25) is 0 Å². The highest BCUT2D eigenvalue weighted by molar-refractivity contribution is 5.23. The van der Waals surface area contributed by atoms with E-state index >= 15 is 0 Å². The summed E-state index contributed by atoms with van der Waals surface area (Å²) in [7, 11) is 0. The lowest BCUT2D eigenvalue weighted by Gasteiger charge is -2.13. The molecule has 2 rings (SSSR count). The number of hydrogen-bond donors (Lipinski definition) is 2. The van der Waals surface area contributed by atoms with E-state index in [-0.39, 0.29) is 12.4 Å². The van der Waals surface area contributed by atoms with Gasteiger partial charge in [-0.3, -0.25) is 0 Å². The van der Waals surface area contributed by atoms with Gasteiger partial charge in [0.2, 0.25) is 5.89 Å². The van der Waals surface area contributed by atoms with E-state index in [1.165, 1.54) is 18.5 Å². The number of aliphatic hydroxyl groups is 1. The molecule has 0 radical (unpaired) electrons. The largest absolute Gasteiger partial charge is 0.488 e. The van der Waals surface area contributed by atoms with Crippen molar-refractivity contribution >= 4 is 0 Å². The number of para-hydroxylation sites is 1. The number of halogens is 1. The number of nitrogens with one attached hydrogen (secondary N) is 1. The Balaban J connectivity index is 1.61. The van der Waals surface area contributed by atoms with Gasteiger partial charge < -0.3 is 19.7 Å². The van der Waals surface area contributed by atoms with E-state index in [1.54, 1.807) is 12.1 Å². The SMILES string of the molecule is OC(CNCCc1ncno1)COc1ccccc1F. The Bertz CT molecular complexity index is 507. The minimum atomic E-state index is -0.725. The average molecular weight is 281 g/mol. The summed E-state index contributed by atoms with van der Waals surface area (Å²) >= 11 is 0. The van der Waals surface area contributed by atoms with Gasteiger partial charge in [0.15, 0.2) is 17.9 Å². The molecule has 1 aromatic carbocycles. The van der Waals surface area contributed by atoms with Crippen molar-refractivity contribution in [1.29, 1.82) is 0 Å². The van der Waals surface area contributed by atoms with Gasteiger partial charge in [-0.2, -0.15) is 4.98 Å². The maximum atomic E-state index is 13.3. The van der Waals surface area contributed by atoms with Gasteiger partial charge in [-0.15, -0.1) is 0 Å². The second-order valence-electron chi connectivity index (χ2n) is 4.18. The van der Waals surface area contributed by atoms with Crippen LogP contribution in [0, 0.1) is 5.82 Å². The number of aromatic nitrogens is 2. The first-order chi connectivity index (χ1) is 9.75. The van der Waals surface area contributed by atoms with Gasteiger partial charge in [-0.05, 0) is 12.1 Å². The summed E-state index contributed by atoms with van der Waals surface area (Å²) in [6, 6.07) is 6.08. The Morgan fingerprint density at radius 1 is 1.40 bits per heavy atom. The van der Waals surface area contributed by atoms with Crippen molar-refractivity contribution in [2.45, 2.75) is 12.5 Å². The van der Waals surface area contributed by atoms with Crippen LogP contribution in [0.4, 0.5) is 4.39 Å². The normalized spacial score (nSPS) is 12.3. The van der Waals surface area contributed by atoms with Crippen LogP contribution in [-0.2, 0) is 6.42 Å². The summed E-state index contributed by atoms with van der Waals surface area (Å²) in [6.07, 6.45) is 1.20. The molecular formula is C13H16FN3O3. The summed E-state index contributed by atoms with van der Waals surface area (Å²) in [5, 5.41) is 16.2. The highest BCUT2D eigenvalue weighted by Crippen LogP contribution is 2.15. The molecule has 0 bridgehead atoms. The van der Waals surface area contributed by atoms with Gasteiger partial charge in [-0.1, -0.05) is 17.3 Å². The van der Waals surface area contributed by atoms with E-state index < -0.39 is 11.9 Å². The predicted molar refractivity (Wildman–Crippen MR) is 68.8 cm³/mol. The smallest absolute Gasteiger partial charge is 0.227 e. The lowest BCUT2D eigenvalue weighted by molar-refractivity contribution is 0.104. The third kappa shape index (κ3) is 4.60. The Morgan fingerprint density at radius 2 is 2.25 bits per heavy atom. The molecule has 1 heterocycles. The van der Waals surface area contributed by atoms with Crippen LogP contribution in [-0.4, -0.2) is 41.0 Å².